The van der Waals surface area contributed by atoms with Gasteiger partial charge in [0.15, 0.2) is 0 Å². The van der Waals surface area contributed by atoms with Crippen molar-refractivity contribution in [3.05, 3.63) is 0 Å². The SMILES string of the molecule is O=C(NC1(CCO)CCOC1)C1CCCSC1. The van der Waals surface area contributed by atoms with Gasteiger partial charge in [-0.05, 0) is 31.4 Å². The topological polar surface area (TPSA) is 58.6 Å². The predicted octanol–water partition coefficient (Wildman–Crippen LogP) is 0.787. The van der Waals surface area contributed by atoms with E-state index in [1.54, 1.807) is 0 Å². The summed E-state index contributed by atoms with van der Waals surface area (Å²) in [5.41, 5.74) is -0.312. The molecule has 2 fully saturated rings. The van der Waals surface area contributed by atoms with E-state index in [1.165, 1.54) is 5.75 Å². The first kappa shape index (κ1) is 13.2. The monoisotopic (exact) mass is 259 g/mol. The normalized spacial score (nSPS) is 33.6. The number of thioether (sulfide) groups is 1. The van der Waals surface area contributed by atoms with Gasteiger partial charge in [-0.1, -0.05) is 0 Å². The lowest BCUT2D eigenvalue weighted by Crippen LogP contribution is -2.52. The molecule has 5 heteroatoms. The Morgan fingerprint density at radius 2 is 2.47 bits per heavy atom. The Kier molecular flexibility index (Phi) is 4.70. The van der Waals surface area contributed by atoms with Crippen LogP contribution in [-0.4, -0.2) is 47.9 Å². The van der Waals surface area contributed by atoms with Gasteiger partial charge in [0, 0.05) is 24.9 Å². The second-order valence-electron chi connectivity index (χ2n) is 4.96. The zero-order valence-corrected chi connectivity index (χ0v) is 10.9. The minimum absolute atomic E-state index is 0.100. The number of carbonyl (C=O) groups excluding carboxylic acids is 1. The first-order valence-corrected chi connectivity index (χ1v) is 7.50. The van der Waals surface area contributed by atoms with Crippen LogP contribution in [0.4, 0.5) is 0 Å². The molecule has 17 heavy (non-hydrogen) atoms. The van der Waals surface area contributed by atoms with Crippen molar-refractivity contribution in [1.82, 2.24) is 5.32 Å². The molecule has 98 valence electrons. The molecule has 0 aromatic heterocycles. The molecule has 0 aromatic rings. The Bertz CT molecular complexity index is 260. The largest absolute Gasteiger partial charge is 0.396 e. The van der Waals surface area contributed by atoms with Gasteiger partial charge in [-0.15, -0.1) is 0 Å². The van der Waals surface area contributed by atoms with E-state index in [1.807, 2.05) is 11.8 Å². The fourth-order valence-electron chi connectivity index (χ4n) is 2.49. The molecule has 0 bridgehead atoms. The first-order valence-electron chi connectivity index (χ1n) is 6.34. The summed E-state index contributed by atoms with van der Waals surface area (Å²) in [5.74, 6) is 2.40. The van der Waals surface area contributed by atoms with Crippen LogP contribution in [0.1, 0.15) is 25.7 Å². The number of rotatable bonds is 4. The third-order valence-corrected chi connectivity index (χ3v) is 4.83. The third kappa shape index (κ3) is 3.36. The van der Waals surface area contributed by atoms with Crippen LogP contribution in [0.3, 0.4) is 0 Å². The minimum Gasteiger partial charge on any atom is -0.396 e. The molecule has 2 aliphatic rings. The maximum absolute atomic E-state index is 12.2. The van der Waals surface area contributed by atoms with Crippen molar-refractivity contribution < 1.29 is 14.6 Å². The van der Waals surface area contributed by atoms with Gasteiger partial charge in [0.25, 0.3) is 0 Å². The predicted molar refractivity (Wildman–Crippen MR) is 68.1 cm³/mol. The maximum atomic E-state index is 12.2. The zero-order chi connectivity index (χ0) is 12.1. The molecular formula is C12H21NO3S. The summed E-state index contributed by atoms with van der Waals surface area (Å²) in [6, 6.07) is 0. The van der Waals surface area contributed by atoms with Crippen LogP contribution >= 0.6 is 11.8 Å². The molecule has 2 unspecified atom stereocenters. The van der Waals surface area contributed by atoms with E-state index < -0.39 is 0 Å². The number of aliphatic hydroxyl groups excluding tert-OH is 1. The molecule has 4 nitrogen and oxygen atoms in total. The molecule has 2 saturated heterocycles. The molecule has 2 atom stereocenters. The number of amides is 1. The Hall–Kier alpha value is -0.260. The highest BCUT2D eigenvalue weighted by Crippen LogP contribution is 2.26. The second-order valence-corrected chi connectivity index (χ2v) is 6.11. The molecule has 2 rings (SSSR count). The second kappa shape index (κ2) is 6.07. The summed E-state index contributed by atoms with van der Waals surface area (Å²) in [4.78, 5) is 12.2. The van der Waals surface area contributed by atoms with Crippen molar-refractivity contribution >= 4 is 17.7 Å². The quantitative estimate of drug-likeness (QED) is 0.783. The summed E-state index contributed by atoms with van der Waals surface area (Å²) in [5, 5.41) is 12.2. The molecular weight excluding hydrogens is 238 g/mol. The summed E-state index contributed by atoms with van der Waals surface area (Å²) in [6.07, 6.45) is 3.54. The van der Waals surface area contributed by atoms with E-state index in [0.717, 1.165) is 25.0 Å². The fraction of sp³-hybridized carbons (Fsp3) is 0.917. The summed E-state index contributed by atoms with van der Waals surface area (Å²) >= 11 is 1.86. The molecule has 2 aliphatic heterocycles. The Balaban J connectivity index is 1.90. The molecule has 1 amide bonds. The van der Waals surface area contributed by atoms with Crippen molar-refractivity contribution in [2.24, 2.45) is 5.92 Å². The van der Waals surface area contributed by atoms with E-state index in [9.17, 15) is 4.79 Å². The number of nitrogens with one attached hydrogen (secondary N) is 1. The number of carbonyl (C=O) groups is 1. The molecule has 0 spiro atoms. The lowest BCUT2D eigenvalue weighted by molar-refractivity contribution is -0.126. The molecule has 0 aliphatic carbocycles. The Morgan fingerprint density at radius 1 is 1.59 bits per heavy atom. The molecule has 0 aromatic carbocycles. The van der Waals surface area contributed by atoms with Crippen LogP contribution < -0.4 is 5.32 Å². The highest BCUT2D eigenvalue weighted by molar-refractivity contribution is 7.99. The molecule has 0 saturated carbocycles. The van der Waals surface area contributed by atoms with Crippen molar-refractivity contribution in [2.75, 3.05) is 31.3 Å². The average molecular weight is 259 g/mol. The maximum Gasteiger partial charge on any atom is 0.224 e. The van der Waals surface area contributed by atoms with Crippen molar-refractivity contribution in [1.29, 1.82) is 0 Å². The van der Waals surface area contributed by atoms with Gasteiger partial charge in [-0.3, -0.25) is 4.79 Å². The van der Waals surface area contributed by atoms with Crippen molar-refractivity contribution in [3.8, 4) is 0 Å². The van der Waals surface area contributed by atoms with Crippen molar-refractivity contribution in [2.45, 2.75) is 31.2 Å². The van der Waals surface area contributed by atoms with Gasteiger partial charge in [0.2, 0.25) is 5.91 Å². The number of ether oxygens (including phenoxy) is 1. The van der Waals surface area contributed by atoms with Crippen molar-refractivity contribution in [3.63, 3.8) is 0 Å². The van der Waals surface area contributed by atoms with Crippen LogP contribution in [0.2, 0.25) is 0 Å². The van der Waals surface area contributed by atoms with Crippen LogP contribution in [0.5, 0.6) is 0 Å². The van der Waals surface area contributed by atoms with Crippen LogP contribution in [0.25, 0.3) is 0 Å². The summed E-state index contributed by atoms with van der Waals surface area (Å²) < 4.78 is 5.37. The van der Waals surface area contributed by atoms with Crippen LogP contribution in [-0.2, 0) is 9.53 Å². The van der Waals surface area contributed by atoms with E-state index >= 15 is 0 Å². The number of hydrogen-bond donors (Lipinski definition) is 2. The number of aliphatic hydroxyl groups is 1. The van der Waals surface area contributed by atoms with Gasteiger partial charge in [0.1, 0.15) is 0 Å². The smallest absolute Gasteiger partial charge is 0.224 e. The Labute approximate surface area is 106 Å². The lowest BCUT2D eigenvalue weighted by atomic mass is 9.93. The molecule has 2 N–H and O–H groups in total. The van der Waals surface area contributed by atoms with E-state index in [-0.39, 0.29) is 24.0 Å². The first-order chi connectivity index (χ1) is 8.26. The molecule has 0 radical (unpaired) electrons. The summed E-state index contributed by atoms with van der Waals surface area (Å²) in [6.45, 7) is 1.32. The van der Waals surface area contributed by atoms with Crippen LogP contribution in [0.15, 0.2) is 0 Å². The standard InChI is InChI=1S/C12H21NO3S/c14-5-3-12(4-6-16-9-12)13-11(15)10-2-1-7-17-8-10/h10,14H,1-9H2,(H,13,15). The van der Waals surface area contributed by atoms with Gasteiger partial charge in [-0.2, -0.15) is 11.8 Å². The highest BCUT2D eigenvalue weighted by Gasteiger charge is 2.37. The molecule has 2 heterocycles. The van der Waals surface area contributed by atoms with E-state index in [2.05, 4.69) is 5.32 Å². The third-order valence-electron chi connectivity index (χ3n) is 3.61. The van der Waals surface area contributed by atoms with Gasteiger partial charge in [-0.25, -0.2) is 0 Å². The highest BCUT2D eigenvalue weighted by atomic mass is 32.2. The Morgan fingerprint density at radius 3 is 3.06 bits per heavy atom. The average Bonchev–Trinajstić information content (AvgIpc) is 2.79. The van der Waals surface area contributed by atoms with Gasteiger partial charge < -0.3 is 15.2 Å². The van der Waals surface area contributed by atoms with E-state index in [4.69, 9.17) is 9.84 Å². The zero-order valence-electron chi connectivity index (χ0n) is 10.1. The minimum atomic E-state index is -0.312. The van der Waals surface area contributed by atoms with Gasteiger partial charge >= 0.3 is 0 Å². The van der Waals surface area contributed by atoms with Gasteiger partial charge in [0.05, 0.1) is 12.1 Å². The fourth-order valence-corrected chi connectivity index (χ4v) is 3.63. The van der Waals surface area contributed by atoms with Crippen LogP contribution in [0, 0.1) is 5.92 Å². The number of hydrogen-bond acceptors (Lipinski definition) is 4. The summed E-state index contributed by atoms with van der Waals surface area (Å²) in [7, 11) is 0. The van der Waals surface area contributed by atoms with E-state index in [0.29, 0.717) is 19.6 Å². The lowest BCUT2D eigenvalue weighted by Gasteiger charge is -2.31.